The summed E-state index contributed by atoms with van der Waals surface area (Å²) in [7, 11) is 0. The fraction of sp³-hybridized carbons (Fsp3) is 0.500. The average Bonchev–Trinajstić information content (AvgIpc) is 1.95. The molecule has 0 saturated carbocycles. The number of aliphatic hydroxyl groups is 1. The summed E-state index contributed by atoms with van der Waals surface area (Å²) in [4.78, 5) is 0. The Morgan fingerprint density at radius 3 is 2.80 bits per heavy atom. The van der Waals surface area contributed by atoms with E-state index in [1.54, 1.807) is 6.92 Å². The number of allylic oxidation sites excluding steroid dienone is 3. The molecule has 56 valence electrons. The molecule has 0 heterocycles. The van der Waals surface area contributed by atoms with Crippen LogP contribution in [0.4, 0.5) is 4.39 Å². The number of rotatable bonds is 1. The number of halogens is 1. The van der Waals surface area contributed by atoms with Gasteiger partial charge in [-0.1, -0.05) is 0 Å². The molecular weight excluding hydrogens is 131 g/mol. The molecule has 0 aliphatic heterocycles. The third-order valence-corrected chi connectivity index (χ3v) is 1.76. The fourth-order valence-corrected chi connectivity index (χ4v) is 0.967. The summed E-state index contributed by atoms with van der Waals surface area (Å²) >= 11 is 0. The summed E-state index contributed by atoms with van der Waals surface area (Å²) in [5.74, 6) is -0.171. The lowest BCUT2D eigenvalue weighted by Gasteiger charge is -2.10. The minimum Gasteiger partial charge on any atom is -0.392 e. The quantitative estimate of drug-likeness (QED) is 0.593. The van der Waals surface area contributed by atoms with Crippen molar-refractivity contribution in [1.82, 2.24) is 0 Å². The third kappa shape index (κ3) is 1.45. The lowest BCUT2D eigenvalue weighted by atomic mass is 9.99. The molecule has 1 aliphatic rings. The molecule has 0 saturated heterocycles. The zero-order valence-electron chi connectivity index (χ0n) is 6.02. The van der Waals surface area contributed by atoms with Crippen molar-refractivity contribution in [3.05, 3.63) is 23.0 Å². The molecule has 0 atom stereocenters. The largest absolute Gasteiger partial charge is 0.392 e. The van der Waals surface area contributed by atoms with Gasteiger partial charge in [-0.15, -0.1) is 0 Å². The fourth-order valence-electron chi connectivity index (χ4n) is 0.967. The maximum Gasteiger partial charge on any atom is 0.122 e. The second-order valence-electron chi connectivity index (χ2n) is 2.59. The van der Waals surface area contributed by atoms with E-state index in [9.17, 15) is 4.39 Å². The van der Waals surface area contributed by atoms with Crippen LogP contribution >= 0.6 is 0 Å². The summed E-state index contributed by atoms with van der Waals surface area (Å²) in [5.41, 5.74) is 1.58. The summed E-state index contributed by atoms with van der Waals surface area (Å²) in [6, 6.07) is 0. The van der Waals surface area contributed by atoms with Crippen LogP contribution in [0.1, 0.15) is 19.8 Å². The topological polar surface area (TPSA) is 20.2 Å². The molecule has 1 N–H and O–H groups in total. The van der Waals surface area contributed by atoms with E-state index in [1.165, 1.54) is 6.08 Å². The Hall–Kier alpha value is -0.630. The van der Waals surface area contributed by atoms with Crippen LogP contribution in [0, 0.1) is 0 Å². The van der Waals surface area contributed by atoms with E-state index in [2.05, 4.69) is 0 Å². The van der Waals surface area contributed by atoms with Gasteiger partial charge in [0.1, 0.15) is 5.83 Å². The second kappa shape index (κ2) is 2.97. The van der Waals surface area contributed by atoms with Gasteiger partial charge >= 0.3 is 0 Å². The van der Waals surface area contributed by atoms with Crippen molar-refractivity contribution in [3.63, 3.8) is 0 Å². The normalized spacial score (nSPS) is 19.3. The summed E-state index contributed by atoms with van der Waals surface area (Å²) in [6.07, 6.45) is 2.98. The maximum atomic E-state index is 12.7. The van der Waals surface area contributed by atoms with Gasteiger partial charge in [0.15, 0.2) is 0 Å². The Morgan fingerprint density at radius 1 is 1.60 bits per heavy atom. The zero-order chi connectivity index (χ0) is 7.56. The lowest BCUT2D eigenvalue weighted by Crippen LogP contribution is -1.97. The molecule has 1 nitrogen and oxygen atoms in total. The zero-order valence-corrected chi connectivity index (χ0v) is 6.02. The van der Waals surface area contributed by atoms with E-state index in [4.69, 9.17) is 5.11 Å². The summed E-state index contributed by atoms with van der Waals surface area (Å²) in [6.45, 7) is 1.76. The number of hydrogen-bond donors (Lipinski definition) is 1. The van der Waals surface area contributed by atoms with Crippen molar-refractivity contribution in [2.75, 3.05) is 6.61 Å². The predicted molar refractivity (Wildman–Crippen MR) is 38.2 cm³/mol. The standard InChI is InChI=1S/C8H11FO/c1-6-2-3-7(5-10)4-8(6)9/h4,10H,2-3,5H2,1H3. The second-order valence-corrected chi connectivity index (χ2v) is 2.59. The van der Waals surface area contributed by atoms with Gasteiger partial charge in [-0.3, -0.25) is 0 Å². The van der Waals surface area contributed by atoms with Gasteiger partial charge in [-0.05, 0) is 37.0 Å². The Labute approximate surface area is 59.9 Å². The smallest absolute Gasteiger partial charge is 0.122 e. The van der Waals surface area contributed by atoms with Gasteiger partial charge in [0.2, 0.25) is 0 Å². The minimum atomic E-state index is -0.171. The van der Waals surface area contributed by atoms with Crippen LogP contribution in [-0.4, -0.2) is 11.7 Å². The predicted octanol–water partition coefficient (Wildman–Crippen LogP) is 1.94. The molecule has 0 amide bonds. The SMILES string of the molecule is CC1=C(F)C=C(CO)CC1. The summed E-state index contributed by atoms with van der Waals surface area (Å²) < 4.78 is 12.7. The van der Waals surface area contributed by atoms with Crippen molar-refractivity contribution in [2.45, 2.75) is 19.8 Å². The van der Waals surface area contributed by atoms with Crippen molar-refractivity contribution in [3.8, 4) is 0 Å². The van der Waals surface area contributed by atoms with Crippen LogP contribution < -0.4 is 0 Å². The molecule has 0 aromatic carbocycles. The Morgan fingerprint density at radius 2 is 2.30 bits per heavy atom. The Bertz CT molecular complexity index is 191. The molecule has 0 spiro atoms. The first-order valence-electron chi connectivity index (χ1n) is 3.39. The van der Waals surface area contributed by atoms with E-state index in [-0.39, 0.29) is 12.4 Å². The van der Waals surface area contributed by atoms with Crippen molar-refractivity contribution in [1.29, 1.82) is 0 Å². The first kappa shape index (κ1) is 7.48. The summed E-state index contributed by atoms with van der Waals surface area (Å²) in [5, 5.41) is 8.64. The van der Waals surface area contributed by atoms with Crippen LogP contribution in [0.3, 0.4) is 0 Å². The highest BCUT2D eigenvalue weighted by atomic mass is 19.1. The first-order chi connectivity index (χ1) is 4.74. The van der Waals surface area contributed by atoms with Crippen molar-refractivity contribution >= 4 is 0 Å². The molecule has 1 aliphatic carbocycles. The Balaban J connectivity index is 2.76. The van der Waals surface area contributed by atoms with Crippen molar-refractivity contribution < 1.29 is 9.50 Å². The minimum absolute atomic E-state index is 0.0132. The lowest BCUT2D eigenvalue weighted by molar-refractivity contribution is 0.325. The highest BCUT2D eigenvalue weighted by Gasteiger charge is 2.08. The molecule has 0 radical (unpaired) electrons. The molecule has 2 heteroatoms. The van der Waals surface area contributed by atoms with Gasteiger partial charge < -0.3 is 5.11 Å². The number of hydrogen-bond acceptors (Lipinski definition) is 1. The van der Waals surface area contributed by atoms with Gasteiger partial charge in [-0.2, -0.15) is 0 Å². The molecular formula is C8H11FO. The maximum absolute atomic E-state index is 12.7. The van der Waals surface area contributed by atoms with E-state index in [1.807, 2.05) is 0 Å². The molecule has 0 aromatic heterocycles. The van der Waals surface area contributed by atoms with E-state index in [0.717, 1.165) is 24.0 Å². The highest BCUT2D eigenvalue weighted by Crippen LogP contribution is 2.23. The van der Waals surface area contributed by atoms with Gasteiger partial charge in [0, 0.05) is 0 Å². The molecule has 0 bridgehead atoms. The molecule has 0 fully saturated rings. The van der Waals surface area contributed by atoms with Crippen LogP contribution in [0.25, 0.3) is 0 Å². The average molecular weight is 142 g/mol. The van der Waals surface area contributed by atoms with Crippen LogP contribution in [0.5, 0.6) is 0 Å². The Kier molecular flexibility index (Phi) is 2.22. The third-order valence-electron chi connectivity index (χ3n) is 1.76. The molecule has 1 rings (SSSR count). The number of aliphatic hydroxyl groups excluding tert-OH is 1. The van der Waals surface area contributed by atoms with Crippen molar-refractivity contribution in [2.24, 2.45) is 0 Å². The van der Waals surface area contributed by atoms with E-state index in [0.29, 0.717) is 0 Å². The van der Waals surface area contributed by atoms with Gasteiger partial charge in [0.05, 0.1) is 6.61 Å². The van der Waals surface area contributed by atoms with Crippen LogP contribution in [-0.2, 0) is 0 Å². The molecule has 0 aromatic rings. The monoisotopic (exact) mass is 142 g/mol. The van der Waals surface area contributed by atoms with E-state index >= 15 is 0 Å². The van der Waals surface area contributed by atoms with Gasteiger partial charge in [0.25, 0.3) is 0 Å². The molecule has 0 unspecified atom stereocenters. The van der Waals surface area contributed by atoms with E-state index < -0.39 is 0 Å². The highest BCUT2D eigenvalue weighted by molar-refractivity contribution is 5.27. The molecule has 10 heavy (non-hydrogen) atoms. The van der Waals surface area contributed by atoms with Crippen LogP contribution in [0.15, 0.2) is 23.0 Å². The van der Waals surface area contributed by atoms with Gasteiger partial charge in [-0.25, -0.2) is 4.39 Å². The van der Waals surface area contributed by atoms with Crippen LogP contribution in [0.2, 0.25) is 0 Å². The first-order valence-corrected chi connectivity index (χ1v) is 3.39.